The molecule has 1 aromatic carbocycles. The second kappa shape index (κ2) is 4.53. The standard InChI is InChI=1S/C11H17NO3S/c1-11(8-12,15-2)9-4-6-10(7-5-9)16(3,13)14/h4-7H,8,12H2,1-3H3. The molecule has 1 rings (SSSR count). The molecule has 1 unspecified atom stereocenters. The first-order chi connectivity index (χ1) is 7.33. The number of benzene rings is 1. The molecule has 0 aliphatic rings. The Kier molecular flexibility index (Phi) is 3.72. The predicted octanol–water partition coefficient (Wildman–Crippen LogP) is 0.910. The summed E-state index contributed by atoms with van der Waals surface area (Å²) >= 11 is 0. The molecule has 0 saturated carbocycles. The molecule has 0 fully saturated rings. The van der Waals surface area contributed by atoms with Crippen molar-refractivity contribution in [3.05, 3.63) is 29.8 Å². The fourth-order valence-electron chi connectivity index (χ4n) is 1.37. The van der Waals surface area contributed by atoms with Crippen LogP contribution in [0, 0.1) is 0 Å². The van der Waals surface area contributed by atoms with Crippen molar-refractivity contribution in [3.63, 3.8) is 0 Å². The van der Waals surface area contributed by atoms with Gasteiger partial charge >= 0.3 is 0 Å². The summed E-state index contributed by atoms with van der Waals surface area (Å²) < 4.78 is 27.9. The molecule has 0 heterocycles. The first kappa shape index (κ1) is 13.2. The van der Waals surface area contributed by atoms with Crippen LogP contribution in [0.4, 0.5) is 0 Å². The lowest BCUT2D eigenvalue weighted by molar-refractivity contribution is 0.0100. The Labute approximate surface area is 96.3 Å². The van der Waals surface area contributed by atoms with Crippen LogP contribution in [0.5, 0.6) is 0 Å². The van der Waals surface area contributed by atoms with E-state index in [1.807, 2.05) is 6.92 Å². The third-order valence-corrected chi connectivity index (χ3v) is 3.86. The Morgan fingerprint density at radius 3 is 2.12 bits per heavy atom. The molecule has 0 bridgehead atoms. The van der Waals surface area contributed by atoms with Crippen LogP contribution in [0.2, 0.25) is 0 Å². The van der Waals surface area contributed by atoms with Gasteiger partial charge in [-0.3, -0.25) is 0 Å². The molecule has 0 amide bonds. The van der Waals surface area contributed by atoms with E-state index < -0.39 is 15.4 Å². The van der Waals surface area contributed by atoms with E-state index in [1.165, 1.54) is 6.26 Å². The van der Waals surface area contributed by atoms with Crippen molar-refractivity contribution in [1.29, 1.82) is 0 Å². The minimum absolute atomic E-state index is 0.298. The topological polar surface area (TPSA) is 69.4 Å². The first-order valence-electron chi connectivity index (χ1n) is 4.89. The summed E-state index contributed by atoms with van der Waals surface area (Å²) in [6.45, 7) is 2.20. The number of methoxy groups -OCH3 is 1. The molecule has 1 atom stereocenters. The largest absolute Gasteiger partial charge is 0.372 e. The van der Waals surface area contributed by atoms with Gasteiger partial charge in [0.25, 0.3) is 0 Å². The molecule has 16 heavy (non-hydrogen) atoms. The second-order valence-corrected chi connectivity index (χ2v) is 5.95. The average Bonchev–Trinajstić information content (AvgIpc) is 2.27. The highest BCUT2D eigenvalue weighted by atomic mass is 32.2. The van der Waals surface area contributed by atoms with E-state index in [0.717, 1.165) is 5.56 Å². The Morgan fingerprint density at radius 2 is 1.81 bits per heavy atom. The summed E-state index contributed by atoms with van der Waals surface area (Å²) in [5, 5.41) is 0. The van der Waals surface area contributed by atoms with Gasteiger partial charge in [0.2, 0.25) is 0 Å². The molecule has 0 radical (unpaired) electrons. The molecule has 0 aliphatic carbocycles. The third kappa shape index (κ3) is 2.61. The Morgan fingerprint density at radius 1 is 1.31 bits per heavy atom. The van der Waals surface area contributed by atoms with E-state index in [9.17, 15) is 8.42 Å². The van der Waals surface area contributed by atoms with E-state index in [2.05, 4.69) is 0 Å². The van der Waals surface area contributed by atoms with Gasteiger partial charge in [0.05, 0.1) is 4.90 Å². The highest BCUT2D eigenvalue weighted by molar-refractivity contribution is 7.90. The average molecular weight is 243 g/mol. The fourth-order valence-corrected chi connectivity index (χ4v) is 2.00. The monoisotopic (exact) mass is 243 g/mol. The SMILES string of the molecule is COC(C)(CN)c1ccc(S(C)(=O)=O)cc1. The van der Waals surface area contributed by atoms with Crippen LogP contribution in [0.15, 0.2) is 29.2 Å². The van der Waals surface area contributed by atoms with Crippen molar-refractivity contribution >= 4 is 9.84 Å². The van der Waals surface area contributed by atoms with Gasteiger partial charge in [-0.25, -0.2) is 8.42 Å². The minimum Gasteiger partial charge on any atom is -0.372 e. The number of hydrogen-bond acceptors (Lipinski definition) is 4. The van der Waals surface area contributed by atoms with Gasteiger partial charge in [0, 0.05) is 19.9 Å². The van der Waals surface area contributed by atoms with Gasteiger partial charge in [-0.2, -0.15) is 0 Å². The molecule has 0 aliphatic heterocycles. The fraction of sp³-hybridized carbons (Fsp3) is 0.455. The number of nitrogens with two attached hydrogens (primary N) is 1. The molecule has 1 aromatic rings. The van der Waals surface area contributed by atoms with Crippen molar-refractivity contribution in [2.75, 3.05) is 19.9 Å². The first-order valence-corrected chi connectivity index (χ1v) is 6.78. The predicted molar refractivity (Wildman–Crippen MR) is 63.0 cm³/mol. The van der Waals surface area contributed by atoms with E-state index in [0.29, 0.717) is 11.4 Å². The van der Waals surface area contributed by atoms with Crippen LogP contribution in [0.3, 0.4) is 0 Å². The Balaban J connectivity index is 3.13. The maximum absolute atomic E-state index is 11.3. The second-order valence-electron chi connectivity index (χ2n) is 3.94. The van der Waals surface area contributed by atoms with Crippen LogP contribution >= 0.6 is 0 Å². The van der Waals surface area contributed by atoms with Crippen LogP contribution in [-0.4, -0.2) is 28.3 Å². The van der Waals surface area contributed by atoms with Crippen molar-refractivity contribution in [3.8, 4) is 0 Å². The molecule has 0 spiro atoms. The van der Waals surface area contributed by atoms with Crippen molar-refractivity contribution < 1.29 is 13.2 Å². The lowest BCUT2D eigenvalue weighted by atomic mass is 9.96. The van der Waals surface area contributed by atoms with Gasteiger partial charge in [0.15, 0.2) is 9.84 Å². The molecule has 2 N–H and O–H groups in total. The molecule has 5 heteroatoms. The maximum atomic E-state index is 11.3. The molecule has 0 saturated heterocycles. The zero-order chi connectivity index (χ0) is 12.4. The normalized spacial score (nSPS) is 15.8. The Hall–Kier alpha value is -0.910. The number of sulfone groups is 1. The molecular formula is C11H17NO3S. The summed E-state index contributed by atoms with van der Waals surface area (Å²) in [4.78, 5) is 0.298. The summed E-state index contributed by atoms with van der Waals surface area (Å²) in [7, 11) is -1.57. The van der Waals surface area contributed by atoms with Gasteiger partial charge < -0.3 is 10.5 Å². The maximum Gasteiger partial charge on any atom is 0.175 e. The van der Waals surface area contributed by atoms with E-state index in [1.54, 1.807) is 31.4 Å². The third-order valence-electron chi connectivity index (χ3n) is 2.73. The number of ether oxygens (including phenoxy) is 1. The quantitative estimate of drug-likeness (QED) is 0.853. The number of rotatable bonds is 4. The van der Waals surface area contributed by atoms with Crippen molar-refractivity contribution in [2.24, 2.45) is 5.73 Å². The van der Waals surface area contributed by atoms with Crippen LogP contribution in [0.1, 0.15) is 12.5 Å². The minimum atomic E-state index is -3.15. The summed E-state index contributed by atoms with van der Waals surface area (Å²) in [5.41, 5.74) is 5.92. The summed E-state index contributed by atoms with van der Waals surface area (Å²) in [5.74, 6) is 0. The van der Waals surface area contributed by atoms with Crippen LogP contribution < -0.4 is 5.73 Å². The molecule has 0 aromatic heterocycles. The molecular weight excluding hydrogens is 226 g/mol. The van der Waals surface area contributed by atoms with Gasteiger partial charge in [-0.1, -0.05) is 12.1 Å². The molecule has 90 valence electrons. The van der Waals surface area contributed by atoms with Crippen molar-refractivity contribution in [1.82, 2.24) is 0 Å². The van der Waals surface area contributed by atoms with Gasteiger partial charge in [-0.05, 0) is 24.6 Å². The van der Waals surface area contributed by atoms with E-state index >= 15 is 0 Å². The smallest absolute Gasteiger partial charge is 0.175 e. The number of hydrogen-bond donors (Lipinski definition) is 1. The highest BCUT2D eigenvalue weighted by Gasteiger charge is 2.24. The van der Waals surface area contributed by atoms with Crippen molar-refractivity contribution in [2.45, 2.75) is 17.4 Å². The van der Waals surface area contributed by atoms with Gasteiger partial charge in [-0.15, -0.1) is 0 Å². The zero-order valence-corrected chi connectivity index (χ0v) is 10.5. The van der Waals surface area contributed by atoms with Crippen LogP contribution in [-0.2, 0) is 20.2 Å². The zero-order valence-electron chi connectivity index (χ0n) is 9.73. The van der Waals surface area contributed by atoms with E-state index in [-0.39, 0.29) is 0 Å². The van der Waals surface area contributed by atoms with E-state index in [4.69, 9.17) is 10.5 Å². The Bertz CT molecular complexity index is 447. The summed E-state index contributed by atoms with van der Waals surface area (Å²) in [6, 6.07) is 6.59. The summed E-state index contributed by atoms with van der Waals surface area (Å²) in [6.07, 6.45) is 1.18. The van der Waals surface area contributed by atoms with Gasteiger partial charge in [0.1, 0.15) is 5.60 Å². The molecule has 4 nitrogen and oxygen atoms in total. The highest BCUT2D eigenvalue weighted by Crippen LogP contribution is 2.24. The lowest BCUT2D eigenvalue weighted by Gasteiger charge is -2.26. The van der Waals surface area contributed by atoms with Crippen LogP contribution in [0.25, 0.3) is 0 Å². The lowest BCUT2D eigenvalue weighted by Crippen LogP contribution is -2.33.